The fourth-order valence-corrected chi connectivity index (χ4v) is 4.67. The summed E-state index contributed by atoms with van der Waals surface area (Å²) in [7, 11) is 0. The van der Waals surface area contributed by atoms with E-state index in [9.17, 15) is 9.59 Å². The molecule has 5 rings (SSSR count). The van der Waals surface area contributed by atoms with Crippen molar-refractivity contribution in [2.24, 2.45) is 0 Å². The number of nitrogens with one attached hydrogen (secondary N) is 1. The van der Waals surface area contributed by atoms with Crippen LogP contribution in [0.1, 0.15) is 26.2 Å². The van der Waals surface area contributed by atoms with Crippen LogP contribution in [0.5, 0.6) is 0 Å². The molecular weight excluding hydrogens is 406 g/mol. The van der Waals surface area contributed by atoms with Crippen LogP contribution >= 0.6 is 0 Å². The van der Waals surface area contributed by atoms with Gasteiger partial charge in [-0.2, -0.15) is 10.1 Å². The SMILES string of the molecule is C[C@H](C(=O)N1CCCCC1)N1CCN(c2nc3c(cnn3-c3ccccc3)c(=O)[nH]2)CC1. The number of aromatic nitrogens is 4. The van der Waals surface area contributed by atoms with Gasteiger partial charge in [0, 0.05) is 39.3 Å². The van der Waals surface area contributed by atoms with Gasteiger partial charge in [0.15, 0.2) is 5.65 Å². The van der Waals surface area contributed by atoms with E-state index in [1.54, 1.807) is 10.9 Å². The van der Waals surface area contributed by atoms with Crippen molar-refractivity contribution in [2.45, 2.75) is 32.2 Å². The van der Waals surface area contributed by atoms with E-state index in [1.807, 2.05) is 42.2 Å². The number of rotatable bonds is 4. The predicted molar refractivity (Wildman–Crippen MR) is 123 cm³/mol. The van der Waals surface area contributed by atoms with Gasteiger partial charge >= 0.3 is 0 Å². The maximum atomic E-state index is 12.9. The Bertz CT molecular complexity index is 1140. The molecule has 32 heavy (non-hydrogen) atoms. The highest BCUT2D eigenvalue weighted by Gasteiger charge is 2.30. The zero-order valence-electron chi connectivity index (χ0n) is 18.4. The predicted octanol–water partition coefficient (Wildman–Crippen LogP) is 1.63. The van der Waals surface area contributed by atoms with Gasteiger partial charge in [0.2, 0.25) is 11.9 Å². The number of nitrogens with zero attached hydrogens (tertiary/aromatic N) is 6. The van der Waals surface area contributed by atoms with Crippen molar-refractivity contribution in [3.8, 4) is 5.69 Å². The number of likely N-dealkylation sites (tertiary alicyclic amines) is 1. The highest BCUT2D eigenvalue weighted by atomic mass is 16.2. The van der Waals surface area contributed by atoms with Crippen LogP contribution in [-0.4, -0.2) is 80.8 Å². The van der Waals surface area contributed by atoms with Crippen molar-refractivity contribution in [1.29, 1.82) is 0 Å². The number of para-hydroxylation sites is 1. The number of piperazine rings is 1. The first-order valence-corrected chi connectivity index (χ1v) is 11.4. The van der Waals surface area contributed by atoms with E-state index < -0.39 is 0 Å². The molecule has 4 heterocycles. The zero-order valence-corrected chi connectivity index (χ0v) is 18.4. The van der Waals surface area contributed by atoms with Crippen molar-refractivity contribution in [1.82, 2.24) is 29.5 Å². The molecule has 9 nitrogen and oxygen atoms in total. The molecule has 9 heteroatoms. The molecule has 168 valence electrons. The third kappa shape index (κ3) is 3.88. The Balaban J connectivity index is 1.32. The van der Waals surface area contributed by atoms with E-state index in [2.05, 4.69) is 19.9 Å². The number of amides is 1. The normalized spacial score (nSPS) is 18.8. The van der Waals surface area contributed by atoms with Crippen LogP contribution < -0.4 is 10.5 Å². The Hall–Kier alpha value is -3.20. The summed E-state index contributed by atoms with van der Waals surface area (Å²) in [5.74, 6) is 0.785. The third-order valence-electron chi connectivity index (χ3n) is 6.61. The smallest absolute Gasteiger partial charge is 0.263 e. The van der Waals surface area contributed by atoms with Gasteiger partial charge in [0.1, 0.15) is 5.39 Å². The monoisotopic (exact) mass is 435 g/mol. The van der Waals surface area contributed by atoms with Gasteiger partial charge in [-0.05, 0) is 38.3 Å². The number of carbonyl (C=O) groups excluding carboxylic acids is 1. The van der Waals surface area contributed by atoms with Crippen LogP contribution in [0.2, 0.25) is 0 Å². The molecule has 0 aliphatic carbocycles. The number of hydrogen-bond donors (Lipinski definition) is 1. The molecular formula is C23H29N7O2. The van der Waals surface area contributed by atoms with Crippen LogP contribution in [0.3, 0.4) is 0 Å². The quantitative estimate of drug-likeness (QED) is 0.670. The highest BCUT2D eigenvalue weighted by molar-refractivity contribution is 5.81. The summed E-state index contributed by atoms with van der Waals surface area (Å²) < 4.78 is 1.70. The summed E-state index contributed by atoms with van der Waals surface area (Å²) in [4.78, 5) is 39.6. The van der Waals surface area contributed by atoms with Gasteiger partial charge in [0.25, 0.3) is 5.56 Å². The van der Waals surface area contributed by atoms with Crippen LogP contribution in [-0.2, 0) is 4.79 Å². The van der Waals surface area contributed by atoms with Gasteiger partial charge in [-0.15, -0.1) is 0 Å². The van der Waals surface area contributed by atoms with Crippen molar-refractivity contribution in [3.05, 3.63) is 46.9 Å². The van der Waals surface area contributed by atoms with Crippen molar-refractivity contribution in [3.63, 3.8) is 0 Å². The molecule has 0 radical (unpaired) electrons. The number of benzene rings is 1. The molecule has 1 amide bonds. The van der Waals surface area contributed by atoms with E-state index in [-0.39, 0.29) is 17.5 Å². The average Bonchev–Trinajstić information content (AvgIpc) is 3.29. The Morgan fingerprint density at radius 1 is 1.00 bits per heavy atom. The molecule has 0 saturated carbocycles. The first kappa shape index (κ1) is 20.7. The lowest BCUT2D eigenvalue weighted by Gasteiger charge is -2.39. The van der Waals surface area contributed by atoms with E-state index in [0.29, 0.717) is 30.1 Å². The lowest BCUT2D eigenvalue weighted by Crippen LogP contribution is -2.55. The molecule has 2 saturated heterocycles. The maximum Gasteiger partial charge on any atom is 0.263 e. The zero-order chi connectivity index (χ0) is 22.1. The second-order valence-electron chi connectivity index (χ2n) is 8.60. The number of aromatic amines is 1. The van der Waals surface area contributed by atoms with Gasteiger partial charge in [0.05, 0.1) is 17.9 Å². The van der Waals surface area contributed by atoms with Crippen molar-refractivity contribution < 1.29 is 4.79 Å². The first-order valence-electron chi connectivity index (χ1n) is 11.4. The number of hydrogen-bond acceptors (Lipinski definition) is 6. The lowest BCUT2D eigenvalue weighted by atomic mass is 10.1. The molecule has 0 bridgehead atoms. The molecule has 0 spiro atoms. The number of H-pyrrole nitrogens is 1. The lowest BCUT2D eigenvalue weighted by molar-refractivity contribution is -0.137. The van der Waals surface area contributed by atoms with E-state index in [0.717, 1.165) is 44.7 Å². The number of carbonyl (C=O) groups is 1. The number of fused-ring (bicyclic) bond motifs is 1. The van der Waals surface area contributed by atoms with E-state index in [1.165, 1.54) is 6.42 Å². The van der Waals surface area contributed by atoms with Crippen LogP contribution in [0.15, 0.2) is 41.3 Å². The Morgan fingerprint density at radius 2 is 1.72 bits per heavy atom. The summed E-state index contributed by atoms with van der Waals surface area (Å²) in [6.07, 6.45) is 4.99. The van der Waals surface area contributed by atoms with E-state index in [4.69, 9.17) is 4.98 Å². The number of anilines is 1. The highest BCUT2D eigenvalue weighted by Crippen LogP contribution is 2.19. The van der Waals surface area contributed by atoms with Crippen molar-refractivity contribution >= 4 is 22.9 Å². The summed E-state index contributed by atoms with van der Waals surface area (Å²) >= 11 is 0. The van der Waals surface area contributed by atoms with Crippen LogP contribution in [0.4, 0.5) is 5.95 Å². The fourth-order valence-electron chi connectivity index (χ4n) is 4.67. The molecule has 2 aromatic heterocycles. The topological polar surface area (TPSA) is 90.4 Å². The largest absolute Gasteiger partial charge is 0.341 e. The molecule has 1 atom stereocenters. The van der Waals surface area contributed by atoms with E-state index >= 15 is 0 Å². The average molecular weight is 436 g/mol. The Kier molecular flexibility index (Phi) is 5.65. The van der Waals surface area contributed by atoms with Gasteiger partial charge in [-0.1, -0.05) is 18.2 Å². The molecule has 2 aliphatic rings. The molecule has 2 fully saturated rings. The molecule has 3 aromatic rings. The minimum atomic E-state index is -0.191. The second kappa shape index (κ2) is 8.74. The van der Waals surface area contributed by atoms with Gasteiger partial charge in [-0.3, -0.25) is 19.5 Å². The van der Waals surface area contributed by atoms with Crippen LogP contribution in [0, 0.1) is 0 Å². The molecule has 0 unspecified atom stereocenters. The summed E-state index contributed by atoms with van der Waals surface area (Å²) in [6.45, 7) is 6.67. The summed E-state index contributed by atoms with van der Waals surface area (Å²) in [6, 6.07) is 9.56. The van der Waals surface area contributed by atoms with Gasteiger partial charge in [-0.25, -0.2) is 4.68 Å². The fraction of sp³-hybridized carbons (Fsp3) is 0.478. The summed E-state index contributed by atoms with van der Waals surface area (Å²) in [5.41, 5.74) is 1.22. The minimum Gasteiger partial charge on any atom is -0.341 e. The maximum absolute atomic E-state index is 12.9. The first-order chi connectivity index (χ1) is 15.6. The Labute approximate surface area is 186 Å². The standard InChI is InChI=1S/C23H29N7O2/c1-17(22(32)28-10-6-3-7-11-28)27-12-14-29(15-13-27)23-25-20-19(21(31)26-23)16-24-30(20)18-8-4-2-5-9-18/h2,4-5,8-9,16-17H,3,6-7,10-15H2,1H3,(H,25,26,31)/t17-/m1/s1. The molecule has 1 N–H and O–H groups in total. The third-order valence-corrected chi connectivity index (χ3v) is 6.61. The van der Waals surface area contributed by atoms with Crippen LogP contribution in [0.25, 0.3) is 16.7 Å². The summed E-state index contributed by atoms with van der Waals surface area (Å²) in [5, 5.41) is 4.85. The minimum absolute atomic E-state index is 0.121. The van der Waals surface area contributed by atoms with Crippen molar-refractivity contribution in [2.75, 3.05) is 44.2 Å². The Morgan fingerprint density at radius 3 is 2.44 bits per heavy atom. The number of piperidine rings is 1. The second-order valence-corrected chi connectivity index (χ2v) is 8.60. The molecule has 1 aromatic carbocycles. The van der Waals surface area contributed by atoms with Gasteiger partial charge < -0.3 is 9.80 Å². The molecule has 2 aliphatic heterocycles.